The van der Waals surface area contributed by atoms with Gasteiger partial charge in [-0.05, 0) is 41.0 Å². The molecule has 1 aromatic carbocycles. The van der Waals surface area contributed by atoms with Gasteiger partial charge in [-0.3, -0.25) is 0 Å². The second kappa shape index (κ2) is 8.10. The van der Waals surface area contributed by atoms with Crippen molar-refractivity contribution in [3.63, 3.8) is 0 Å². The van der Waals surface area contributed by atoms with Gasteiger partial charge in [-0.15, -0.1) is 5.10 Å². The molecule has 128 valence electrons. The molecule has 7 nitrogen and oxygen atoms in total. The first kappa shape index (κ1) is 16.7. The number of hydrogen-bond acceptors (Lipinski definition) is 4. The predicted octanol–water partition coefficient (Wildman–Crippen LogP) is 2.83. The number of nitrogens with one attached hydrogen (secondary N) is 2. The summed E-state index contributed by atoms with van der Waals surface area (Å²) in [4.78, 5) is 11.9. The molecule has 0 radical (unpaired) electrons. The van der Waals surface area contributed by atoms with Gasteiger partial charge in [-0.25, -0.2) is 9.48 Å². The van der Waals surface area contributed by atoms with Crippen LogP contribution in [0.1, 0.15) is 49.5 Å². The average molecular weight is 349 g/mol. The molecule has 1 aromatic heterocycles. The first-order valence-corrected chi connectivity index (χ1v) is 8.63. The molecule has 1 aliphatic carbocycles. The molecular formula is C16H21ClN6O. The maximum Gasteiger partial charge on any atom is 0.315 e. The van der Waals surface area contributed by atoms with Gasteiger partial charge in [-0.1, -0.05) is 43.0 Å². The Bertz CT molecular complexity index is 665. The summed E-state index contributed by atoms with van der Waals surface area (Å²) in [6.45, 7) is 0.756. The van der Waals surface area contributed by atoms with Crippen LogP contribution in [0.5, 0.6) is 0 Å². The van der Waals surface area contributed by atoms with Crippen LogP contribution in [0.4, 0.5) is 4.79 Å². The maximum absolute atomic E-state index is 11.9. The molecular weight excluding hydrogens is 328 g/mol. The zero-order valence-corrected chi connectivity index (χ0v) is 14.2. The number of nitrogens with zero attached hydrogens (tertiary/aromatic N) is 4. The average Bonchev–Trinajstić information content (AvgIpc) is 3.09. The van der Waals surface area contributed by atoms with Gasteiger partial charge in [0.25, 0.3) is 0 Å². The monoisotopic (exact) mass is 348 g/mol. The number of benzene rings is 1. The predicted molar refractivity (Wildman–Crippen MR) is 90.5 cm³/mol. The minimum atomic E-state index is -0.247. The highest BCUT2D eigenvalue weighted by molar-refractivity contribution is 6.30. The summed E-state index contributed by atoms with van der Waals surface area (Å²) in [6.07, 6.45) is 5.89. The number of urea groups is 1. The van der Waals surface area contributed by atoms with E-state index in [4.69, 9.17) is 11.6 Å². The van der Waals surface area contributed by atoms with Crippen molar-refractivity contribution >= 4 is 17.6 Å². The molecule has 0 aliphatic heterocycles. The topological polar surface area (TPSA) is 84.7 Å². The van der Waals surface area contributed by atoms with Crippen LogP contribution in [0.2, 0.25) is 5.02 Å². The molecule has 2 N–H and O–H groups in total. The Hall–Kier alpha value is -2.15. The Balaban J connectivity index is 1.48. The standard InChI is InChI=1S/C16H21ClN6O/c17-13-8-6-12(7-9-13)10-18-16(24)19-11-15-20-21-22-23(15)14-4-2-1-3-5-14/h6-9,14H,1-5,10-11H2,(H2,18,19,24). The van der Waals surface area contributed by atoms with E-state index in [1.807, 2.05) is 16.8 Å². The lowest BCUT2D eigenvalue weighted by Gasteiger charge is -2.22. The van der Waals surface area contributed by atoms with Crippen LogP contribution in [0.3, 0.4) is 0 Å². The van der Waals surface area contributed by atoms with Crippen molar-refractivity contribution in [1.82, 2.24) is 30.8 Å². The number of tetrazole rings is 1. The molecule has 24 heavy (non-hydrogen) atoms. The Labute approximate surface area is 145 Å². The first-order chi connectivity index (χ1) is 11.7. The molecule has 1 heterocycles. The summed E-state index contributed by atoms with van der Waals surface area (Å²) >= 11 is 5.84. The number of carbonyl (C=O) groups excluding carboxylic acids is 1. The van der Waals surface area contributed by atoms with Crippen molar-refractivity contribution in [3.05, 3.63) is 40.7 Å². The number of hydrogen-bond donors (Lipinski definition) is 2. The maximum atomic E-state index is 11.9. The highest BCUT2D eigenvalue weighted by Gasteiger charge is 2.20. The smallest absolute Gasteiger partial charge is 0.315 e. The molecule has 0 atom stereocenters. The van der Waals surface area contributed by atoms with Crippen LogP contribution in [-0.4, -0.2) is 26.2 Å². The Morgan fingerprint density at radius 2 is 1.83 bits per heavy atom. The van der Waals surface area contributed by atoms with Crippen molar-refractivity contribution in [3.8, 4) is 0 Å². The molecule has 0 unspecified atom stereocenters. The van der Waals surface area contributed by atoms with E-state index in [0.717, 1.165) is 18.4 Å². The lowest BCUT2D eigenvalue weighted by molar-refractivity contribution is 0.239. The van der Waals surface area contributed by atoms with Gasteiger partial charge in [0.1, 0.15) is 0 Å². The molecule has 0 saturated heterocycles. The molecule has 0 bridgehead atoms. The van der Waals surface area contributed by atoms with Crippen LogP contribution in [-0.2, 0) is 13.1 Å². The summed E-state index contributed by atoms with van der Waals surface area (Å²) in [5.74, 6) is 0.698. The van der Waals surface area contributed by atoms with Crippen LogP contribution >= 0.6 is 11.6 Å². The SMILES string of the molecule is O=C(NCc1ccc(Cl)cc1)NCc1nnnn1C1CCCCC1. The van der Waals surface area contributed by atoms with Crippen molar-refractivity contribution in [2.24, 2.45) is 0 Å². The van der Waals surface area contributed by atoms with Crippen molar-refractivity contribution in [2.45, 2.75) is 51.2 Å². The Morgan fingerprint density at radius 1 is 1.12 bits per heavy atom. The van der Waals surface area contributed by atoms with Crippen LogP contribution < -0.4 is 10.6 Å². The largest absolute Gasteiger partial charge is 0.334 e. The number of aromatic nitrogens is 4. The van der Waals surface area contributed by atoms with Gasteiger partial charge >= 0.3 is 6.03 Å². The van der Waals surface area contributed by atoms with E-state index >= 15 is 0 Å². The Kier molecular flexibility index (Phi) is 5.63. The third-order valence-corrected chi connectivity index (χ3v) is 4.51. The lowest BCUT2D eigenvalue weighted by atomic mass is 9.96. The number of halogens is 1. The van der Waals surface area contributed by atoms with Gasteiger partial charge in [-0.2, -0.15) is 0 Å². The summed E-state index contributed by atoms with van der Waals surface area (Å²) in [5.41, 5.74) is 0.988. The second-order valence-electron chi connectivity index (χ2n) is 5.99. The minimum absolute atomic E-state index is 0.247. The van der Waals surface area contributed by atoms with Gasteiger partial charge in [0.2, 0.25) is 0 Å². The van der Waals surface area contributed by atoms with Gasteiger partial charge in [0.05, 0.1) is 12.6 Å². The number of rotatable bonds is 5. The summed E-state index contributed by atoms with van der Waals surface area (Å²) < 4.78 is 1.86. The zero-order valence-electron chi connectivity index (χ0n) is 13.4. The van der Waals surface area contributed by atoms with E-state index in [1.165, 1.54) is 19.3 Å². The van der Waals surface area contributed by atoms with Gasteiger partial charge < -0.3 is 10.6 Å². The summed E-state index contributed by atoms with van der Waals surface area (Å²) in [5, 5.41) is 18.2. The molecule has 2 amide bonds. The number of carbonyl (C=O) groups is 1. The Morgan fingerprint density at radius 3 is 2.58 bits per heavy atom. The van der Waals surface area contributed by atoms with Gasteiger partial charge in [0.15, 0.2) is 5.82 Å². The first-order valence-electron chi connectivity index (χ1n) is 8.25. The molecule has 1 saturated carbocycles. The third kappa shape index (κ3) is 4.44. The van der Waals surface area contributed by atoms with E-state index in [2.05, 4.69) is 26.2 Å². The highest BCUT2D eigenvalue weighted by Crippen LogP contribution is 2.27. The molecule has 8 heteroatoms. The second-order valence-corrected chi connectivity index (χ2v) is 6.43. The zero-order chi connectivity index (χ0) is 16.8. The van der Waals surface area contributed by atoms with E-state index in [9.17, 15) is 4.79 Å². The van der Waals surface area contributed by atoms with Crippen LogP contribution in [0.25, 0.3) is 0 Å². The van der Waals surface area contributed by atoms with Crippen molar-refractivity contribution < 1.29 is 4.79 Å². The quantitative estimate of drug-likeness (QED) is 0.870. The molecule has 1 fully saturated rings. The molecule has 3 rings (SSSR count). The summed E-state index contributed by atoms with van der Waals surface area (Å²) in [6, 6.07) is 7.47. The fourth-order valence-electron chi connectivity index (χ4n) is 2.94. The summed E-state index contributed by atoms with van der Waals surface area (Å²) in [7, 11) is 0. The molecule has 1 aliphatic rings. The van der Waals surface area contributed by atoms with Crippen molar-refractivity contribution in [1.29, 1.82) is 0 Å². The van der Waals surface area contributed by atoms with E-state index in [1.54, 1.807) is 12.1 Å². The van der Waals surface area contributed by atoms with E-state index < -0.39 is 0 Å². The van der Waals surface area contributed by atoms with E-state index in [0.29, 0.717) is 30.0 Å². The fourth-order valence-corrected chi connectivity index (χ4v) is 3.07. The van der Waals surface area contributed by atoms with Crippen molar-refractivity contribution in [2.75, 3.05) is 0 Å². The van der Waals surface area contributed by atoms with E-state index in [-0.39, 0.29) is 6.03 Å². The van der Waals surface area contributed by atoms with Gasteiger partial charge in [0, 0.05) is 11.6 Å². The molecule has 0 spiro atoms. The normalized spacial score (nSPS) is 15.2. The van der Waals surface area contributed by atoms with Crippen LogP contribution in [0.15, 0.2) is 24.3 Å². The van der Waals surface area contributed by atoms with Crippen LogP contribution in [0, 0.1) is 0 Å². The number of amides is 2. The minimum Gasteiger partial charge on any atom is -0.334 e. The highest BCUT2D eigenvalue weighted by atomic mass is 35.5. The molecule has 2 aromatic rings. The third-order valence-electron chi connectivity index (χ3n) is 4.25. The lowest BCUT2D eigenvalue weighted by Crippen LogP contribution is -2.35. The fraction of sp³-hybridized carbons (Fsp3) is 0.500.